The fourth-order valence-electron chi connectivity index (χ4n) is 3.00. The Hall–Kier alpha value is -2.81. The lowest BCUT2D eigenvalue weighted by Gasteiger charge is -2.33. The minimum absolute atomic E-state index is 0.110. The second-order valence-electron chi connectivity index (χ2n) is 6.50. The molecular formula is C21H23F3O6. The number of carbonyl (C=O) groups excluding carboxylic acids is 1. The maximum absolute atomic E-state index is 14.1. The third kappa shape index (κ3) is 4.84. The molecule has 2 atom stereocenters. The highest BCUT2D eigenvalue weighted by Crippen LogP contribution is 2.44. The molecule has 0 aliphatic carbocycles. The van der Waals surface area contributed by atoms with E-state index in [4.69, 9.17) is 18.6 Å². The van der Waals surface area contributed by atoms with Gasteiger partial charge in [-0.3, -0.25) is 0 Å². The summed E-state index contributed by atoms with van der Waals surface area (Å²) in [7, 11) is 2.11. The molecule has 1 aromatic heterocycles. The summed E-state index contributed by atoms with van der Waals surface area (Å²) in [4.78, 5) is 24.7. The van der Waals surface area contributed by atoms with E-state index in [-0.39, 0.29) is 17.9 Å². The fraction of sp³-hybridized carbons (Fsp3) is 0.429. The normalized spacial score (nSPS) is 14.6. The number of halogens is 3. The third-order valence-electron chi connectivity index (χ3n) is 4.56. The van der Waals surface area contributed by atoms with Crippen LogP contribution < -0.4 is 10.4 Å². The van der Waals surface area contributed by atoms with Crippen molar-refractivity contribution < 1.29 is 36.6 Å². The maximum atomic E-state index is 14.1. The molecule has 0 spiro atoms. The second-order valence-corrected chi connectivity index (χ2v) is 6.50. The molecule has 164 valence electrons. The lowest BCUT2D eigenvalue weighted by molar-refractivity contribution is -0.278. The number of hydrogen-bond donors (Lipinski definition) is 0. The van der Waals surface area contributed by atoms with E-state index in [1.807, 2.05) is 6.92 Å². The van der Waals surface area contributed by atoms with Gasteiger partial charge in [-0.1, -0.05) is 43.7 Å². The maximum Gasteiger partial charge on any atom is 0.432 e. The standard InChI is InChI=1S/C21H23F3O6/c1-4-5-11-16(17-12-15(27-2)13-18(25)29-17)30-19(26)20(28-3,21(22,23)24)14-9-7-6-8-10-14/h6-10,12-13,16H,4-5,11H2,1-3H3/t16-,20-/m0/s1. The van der Waals surface area contributed by atoms with Crippen LogP contribution in [0.5, 0.6) is 5.75 Å². The summed E-state index contributed by atoms with van der Waals surface area (Å²) < 4.78 is 62.3. The molecule has 2 rings (SSSR count). The van der Waals surface area contributed by atoms with Crippen LogP contribution in [0, 0.1) is 0 Å². The van der Waals surface area contributed by atoms with Gasteiger partial charge < -0.3 is 18.6 Å². The third-order valence-corrected chi connectivity index (χ3v) is 4.56. The number of benzene rings is 1. The van der Waals surface area contributed by atoms with Crippen LogP contribution in [0.1, 0.15) is 43.6 Å². The van der Waals surface area contributed by atoms with E-state index in [1.165, 1.54) is 31.4 Å². The summed E-state index contributed by atoms with van der Waals surface area (Å²) in [5.41, 5.74) is -4.54. The van der Waals surface area contributed by atoms with Crippen LogP contribution in [-0.4, -0.2) is 26.4 Å². The van der Waals surface area contributed by atoms with Crippen LogP contribution in [0.25, 0.3) is 0 Å². The Morgan fingerprint density at radius 3 is 2.33 bits per heavy atom. The molecule has 0 N–H and O–H groups in total. The van der Waals surface area contributed by atoms with Gasteiger partial charge in [0.15, 0.2) is 11.9 Å². The average Bonchev–Trinajstić information content (AvgIpc) is 2.71. The first-order valence-electron chi connectivity index (χ1n) is 9.27. The van der Waals surface area contributed by atoms with Gasteiger partial charge in [-0.15, -0.1) is 0 Å². The molecule has 2 aromatic rings. The SMILES string of the molecule is CCCC[C@H](OC(=O)[C@@](OC)(c1ccccc1)C(F)(F)F)c1cc(OC)cc(=O)o1. The molecule has 0 fully saturated rings. The van der Waals surface area contributed by atoms with Gasteiger partial charge in [-0.2, -0.15) is 13.2 Å². The van der Waals surface area contributed by atoms with Crippen LogP contribution in [0.2, 0.25) is 0 Å². The number of ether oxygens (including phenoxy) is 3. The molecule has 0 unspecified atom stereocenters. The molecule has 1 aromatic carbocycles. The van der Waals surface area contributed by atoms with E-state index in [0.29, 0.717) is 12.8 Å². The number of hydrogen-bond acceptors (Lipinski definition) is 6. The van der Waals surface area contributed by atoms with Gasteiger partial charge in [-0.05, 0) is 12.8 Å². The van der Waals surface area contributed by atoms with Crippen molar-refractivity contribution in [1.82, 2.24) is 0 Å². The van der Waals surface area contributed by atoms with Crippen molar-refractivity contribution in [3.63, 3.8) is 0 Å². The smallest absolute Gasteiger partial charge is 0.432 e. The van der Waals surface area contributed by atoms with Gasteiger partial charge in [0.05, 0.1) is 13.2 Å². The van der Waals surface area contributed by atoms with Gasteiger partial charge in [0.1, 0.15) is 5.75 Å². The first kappa shape index (κ1) is 23.5. The molecule has 0 amide bonds. The van der Waals surface area contributed by atoms with E-state index in [1.54, 1.807) is 0 Å². The molecule has 0 saturated heterocycles. The van der Waals surface area contributed by atoms with E-state index >= 15 is 0 Å². The molecule has 0 saturated carbocycles. The fourth-order valence-corrected chi connectivity index (χ4v) is 3.00. The predicted octanol–water partition coefficient (Wildman–Crippen LogP) is 4.53. The number of unbranched alkanes of at least 4 members (excludes halogenated alkanes) is 1. The van der Waals surface area contributed by atoms with E-state index in [0.717, 1.165) is 25.3 Å². The minimum Gasteiger partial charge on any atom is -0.496 e. The van der Waals surface area contributed by atoms with Crippen LogP contribution in [0.4, 0.5) is 13.2 Å². The Kier molecular flexibility index (Phi) is 7.66. The second kappa shape index (κ2) is 9.80. The summed E-state index contributed by atoms with van der Waals surface area (Å²) in [6.45, 7) is 1.86. The highest BCUT2D eigenvalue weighted by atomic mass is 19.4. The zero-order valence-corrected chi connectivity index (χ0v) is 16.8. The van der Waals surface area contributed by atoms with Crippen molar-refractivity contribution in [2.24, 2.45) is 0 Å². The van der Waals surface area contributed by atoms with E-state index < -0.39 is 35.0 Å². The molecule has 30 heavy (non-hydrogen) atoms. The van der Waals surface area contributed by atoms with Crippen LogP contribution in [0.3, 0.4) is 0 Å². The summed E-state index contributed by atoms with van der Waals surface area (Å²) >= 11 is 0. The van der Waals surface area contributed by atoms with E-state index in [2.05, 4.69) is 0 Å². The topological polar surface area (TPSA) is 75.0 Å². The quantitative estimate of drug-likeness (QED) is 0.547. The van der Waals surface area contributed by atoms with Crippen LogP contribution >= 0.6 is 0 Å². The molecule has 0 aliphatic heterocycles. The van der Waals surface area contributed by atoms with Gasteiger partial charge in [-0.25, -0.2) is 9.59 Å². The Morgan fingerprint density at radius 1 is 1.13 bits per heavy atom. The largest absolute Gasteiger partial charge is 0.496 e. The molecule has 0 bridgehead atoms. The summed E-state index contributed by atoms with van der Waals surface area (Å²) in [6.07, 6.45) is -5.01. The number of alkyl halides is 3. The Morgan fingerprint density at radius 2 is 1.80 bits per heavy atom. The van der Waals surface area contributed by atoms with E-state index in [9.17, 15) is 22.8 Å². The lowest BCUT2D eigenvalue weighted by atomic mass is 9.92. The summed E-state index contributed by atoms with van der Waals surface area (Å²) in [6, 6.07) is 8.87. The number of methoxy groups -OCH3 is 2. The van der Waals surface area contributed by atoms with Crippen LogP contribution in [-0.2, 0) is 19.9 Å². The van der Waals surface area contributed by atoms with Crippen molar-refractivity contribution in [2.75, 3.05) is 14.2 Å². The van der Waals surface area contributed by atoms with Crippen molar-refractivity contribution >= 4 is 5.97 Å². The van der Waals surface area contributed by atoms with Gasteiger partial charge in [0.25, 0.3) is 5.60 Å². The van der Waals surface area contributed by atoms with Crippen molar-refractivity contribution in [2.45, 2.75) is 44.1 Å². The first-order valence-corrected chi connectivity index (χ1v) is 9.27. The van der Waals surface area contributed by atoms with Crippen molar-refractivity contribution in [1.29, 1.82) is 0 Å². The Balaban J connectivity index is 2.50. The van der Waals surface area contributed by atoms with Crippen molar-refractivity contribution in [3.05, 3.63) is 64.2 Å². The first-order chi connectivity index (χ1) is 14.2. The Bertz CT molecular complexity index is 894. The molecule has 0 radical (unpaired) electrons. The number of carbonyl (C=O) groups is 1. The van der Waals surface area contributed by atoms with Gasteiger partial charge >= 0.3 is 17.8 Å². The highest BCUT2D eigenvalue weighted by molar-refractivity contribution is 5.83. The molecular weight excluding hydrogens is 405 g/mol. The van der Waals surface area contributed by atoms with Crippen LogP contribution in [0.15, 0.2) is 51.7 Å². The highest BCUT2D eigenvalue weighted by Gasteiger charge is 2.64. The summed E-state index contributed by atoms with van der Waals surface area (Å²) in [5.74, 6) is -1.63. The van der Waals surface area contributed by atoms with Crippen molar-refractivity contribution in [3.8, 4) is 5.75 Å². The summed E-state index contributed by atoms with van der Waals surface area (Å²) in [5, 5.41) is 0. The zero-order chi connectivity index (χ0) is 22.4. The molecule has 6 nitrogen and oxygen atoms in total. The average molecular weight is 428 g/mol. The lowest BCUT2D eigenvalue weighted by Crippen LogP contribution is -2.52. The predicted molar refractivity (Wildman–Crippen MR) is 101 cm³/mol. The molecule has 9 heteroatoms. The molecule has 0 aliphatic rings. The minimum atomic E-state index is -5.11. The monoisotopic (exact) mass is 428 g/mol. The van der Waals surface area contributed by atoms with Gasteiger partial charge in [0.2, 0.25) is 0 Å². The zero-order valence-electron chi connectivity index (χ0n) is 16.8. The molecule has 1 heterocycles. The van der Waals surface area contributed by atoms with Gasteiger partial charge in [0, 0.05) is 18.7 Å². The number of esters is 1. The number of rotatable bonds is 9. The Labute approximate surface area is 171 Å².